The molecule has 16 heavy (non-hydrogen) atoms. The van der Waals surface area contributed by atoms with E-state index in [1.54, 1.807) is 6.20 Å². The van der Waals surface area contributed by atoms with E-state index in [9.17, 15) is 4.79 Å². The topological polar surface area (TPSA) is 69.8 Å². The average Bonchev–Trinajstić information content (AvgIpc) is 2.77. The van der Waals surface area contributed by atoms with Crippen LogP contribution in [-0.2, 0) is 11.2 Å². The second-order valence-electron chi connectivity index (χ2n) is 4.12. The highest BCUT2D eigenvalue weighted by molar-refractivity contribution is 5.94. The quantitative estimate of drug-likeness (QED) is 0.716. The monoisotopic (exact) mass is 222 g/mol. The van der Waals surface area contributed by atoms with Gasteiger partial charge in [-0.25, -0.2) is 0 Å². The zero-order chi connectivity index (χ0) is 11.4. The first kappa shape index (κ1) is 11.1. The summed E-state index contributed by atoms with van der Waals surface area (Å²) in [7, 11) is 0. The fourth-order valence-electron chi connectivity index (χ4n) is 1.97. The Morgan fingerprint density at radius 3 is 3.19 bits per heavy atom. The highest BCUT2D eigenvalue weighted by atomic mass is 16.2. The van der Waals surface area contributed by atoms with Crippen LogP contribution >= 0.6 is 0 Å². The molecular formula is C11H18N4O. The van der Waals surface area contributed by atoms with Crippen LogP contribution in [0.5, 0.6) is 0 Å². The van der Waals surface area contributed by atoms with Crippen molar-refractivity contribution in [2.24, 2.45) is 0 Å². The first-order chi connectivity index (χ1) is 7.81. The highest BCUT2D eigenvalue weighted by Crippen LogP contribution is 2.13. The molecule has 1 aromatic heterocycles. The molecule has 1 unspecified atom stereocenters. The number of aromatic amines is 1. The number of piperidine rings is 1. The van der Waals surface area contributed by atoms with Crippen molar-refractivity contribution in [2.45, 2.75) is 38.6 Å². The van der Waals surface area contributed by atoms with Crippen molar-refractivity contribution in [3.63, 3.8) is 0 Å². The van der Waals surface area contributed by atoms with Crippen LogP contribution < -0.4 is 10.6 Å². The number of rotatable bonds is 3. The Labute approximate surface area is 95.0 Å². The summed E-state index contributed by atoms with van der Waals surface area (Å²) in [5.74, 6) is 0.776. The van der Waals surface area contributed by atoms with Gasteiger partial charge in [-0.05, 0) is 25.8 Å². The molecule has 0 saturated carbocycles. The summed E-state index contributed by atoms with van der Waals surface area (Å²) in [6.45, 7) is 2.97. The molecule has 0 bridgehead atoms. The average molecular weight is 222 g/mol. The van der Waals surface area contributed by atoms with Crippen LogP contribution in [0.1, 0.15) is 31.7 Å². The number of nitrogens with one attached hydrogen (secondary N) is 3. The molecule has 88 valence electrons. The van der Waals surface area contributed by atoms with E-state index in [0.717, 1.165) is 43.6 Å². The van der Waals surface area contributed by atoms with Gasteiger partial charge < -0.3 is 10.6 Å². The molecule has 1 atom stereocenters. The molecule has 1 aliphatic heterocycles. The second-order valence-corrected chi connectivity index (χ2v) is 4.12. The van der Waals surface area contributed by atoms with Crippen molar-refractivity contribution >= 4 is 11.7 Å². The van der Waals surface area contributed by atoms with Gasteiger partial charge in [-0.2, -0.15) is 5.10 Å². The Bertz CT molecular complexity index is 355. The number of hydrogen-bond acceptors (Lipinski definition) is 3. The second kappa shape index (κ2) is 5.12. The smallest absolute Gasteiger partial charge is 0.242 e. The lowest BCUT2D eigenvalue weighted by Gasteiger charge is -2.22. The zero-order valence-electron chi connectivity index (χ0n) is 9.55. The standard InChI is InChI=1S/C11H18N4O/c1-2-8-7-13-15-10(8)14-11(16)9-5-3-4-6-12-9/h7,9,12H,2-6H2,1H3,(H2,13,14,15,16). The number of aryl methyl sites for hydroxylation is 1. The summed E-state index contributed by atoms with van der Waals surface area (Å²) >= 11 is 0. The zero-order valence-corrected chi connectivity index (χ0v) is 9.55. The van der Waals surface area contributed by atoms with Gasteiger partial charge in [0.05, 0.1) is 12.2 Å². The minimum atomic E-state index is -0.0539. The molecule has 0 spiro atoms. The van der Waals surface area contributed by atoms with Gasteiger partial charge in [0.25, 0.3) is 0 Å². The fraction of sp³-hybridized carbons (Fsp3) is 0.636. The van der Waals surface area contributed by atoms with Crippen molar-refractivity contribution in [3.8, 4) is 0 Å². The maximum absolute atomic E-state index is 11.9. The van der Waals surface area contributed by atoms with Gasteiger partial charge in [0.2, 0.25) is 5.91 Å². The van der Waals surface area contributed by atoms with Gasteiger partial charge in [0.15, 0.2) is 0 Å². The van der Waals surface area contributed by atoms with Gasteiger partial charge in [-0.1, -0.05) is 13.3 Å². The molecular weight excluding hydrogens is 204 g/mol. The molecule has 0 aromatic carbocycles. The van der Waals surface area contributed by atoms with Crippen molar-refractivity contribution in [1.82, 2.24) is 15.5 Å². The van der Waals surface area contributed by atoms with E-state index in [2.05, 4.69) is 20.8 Å². The van der Waals surface area contributed by atoms with E-state index in [1.165, 1.54) is 0 Å². The molecule has 0 aliphatic carbocycles. The number of anilines is 1. The molecule has 2 rings (SSSR count). The SMILES string of the molecule is CCc1cn[nH]c1NC(=O)C1CCCCN1. The first-order valence-electron chi connectivity index (χ1n) is 5.87. The maximum Gasteiger partial charge on any atom is 0.242 e. The van der Waals surface area contributed by atoms with Crippen LogP contribution in [0, 0.1) is 0 Å². The van der Waals surface area contributed by atoms with Crippen LogP contribution in [0.4, 0.5) is 5.82 Å². The number of carbonyl (C=O) groups excluding carboxylic acids is 1. The number of hydrogen-bond donors (Lipinski definition) is 3. The molecule has 1 aromatic rings. The molecule has 1 saturated heterocycles. The summed E-state index contributed by atoms with van der Waals surface area (Å²) in [5.41, 5.74) is 1.05. The number of carbonyl (C=O) groups is 1. The van der Waals surface area contributed by atoms with E-state index in [1.807, 2.05) is 6.92 Å². The third-order valence-corrected chi connectivity index (χ3v) is 2.97. The number of amides is 1. The molecule has 5 nitrogen and oxygen atoms in total. The minimum absolute atomic E-state index is 0.0404. The molecule has 3 N–H and O–H groups in total. The summed E-state index contributed by atoms with van der Waals surface area (Å²) in [6, 6.07) is -0.0539. The maximum atomic E-state index is 11.9. The predicted molar refractivity (Wildman–Crippen MR) is 62.2 cm³/mol. The van der Waals surface area contributed by atoms with Gasteiger partial charge in [0, 0.05) is 5.56 Å². The molecule has 0 radical (unpaired) electrons. The third kappa shape index (κ3) is 2.41. The van der Waals surface area contributed by atoms with E-state index in [0.29, 0.717) is 0 Å². The summed E-state index contributed by atoms with van der Waals surface area (Å²) in [6.07, 6.45) is 5.82. The Kier molecular flexibility index (Phi) is 3.56. The van der Waals surface area contributed by atoms with Gasteiger partial charge in [-0.15, -0.1) is 0 Å². The molecule has 1 fully saturated rings. The van der Waals surface area contributed by atoms with E-state index >= 15 is 0 Å². The fourth-order valence-corrected chi connectivity index (χ4v) is 1.97. The van der Waals surface area contributed by atoms with Crippen molar-refractivity contribution in [2.75, 3.05) is 11.9 Å². The normalized spacial score (nSPS) is 20.7. The van der Waals surface area contributed by atoms with Crippen LogP contribution in [-0.4, -0.2) is 28.7 Å². The van der Waals surface area contributed by atoms with E-state index in [4.69, 9.17) is 0 Å². The number of aromatic nitrogens is 2. The lowest BCUT2D eigenvalue weighted by molar-refractivity contribution is -0.118. The van der Waals surface area contributed by atoms with E-state index in [-0.39, 0.29) is 11.9 Å². The molecule has 2 heterocycles. The molecule has 1 aliphatic rings. The van der Waals surface area contributed by atoms with Crippen LogP contribution in [0.3, 0.4) is 0 Å². The Morgan fingerprint density at radius 1 is 1.62 bits per heavy atom. The number of nitrogens with zero attached hydrogens (tertiary/aromatic N) is 1. The van der Waals surface area contributed by atoms with Crippen molar-refractivity contribution in [3.05, 3.63) is 11.8 Å². The van der Waals surface area contributed by atoms with Gasteiger partial charge in [0.1, 0.15) is 5.82 Å². The lowest BCUT2D eigenvalue weighted by Crippen LogP contribution is -2.43. The summed E-state index contributed by atoms with van der Waals surface area (Å²) < 4.78 is 0. The van der Waals surface area contributed by atoms with Crippen LogP contribution in [0.15, 0.2) is 6.20 Å². The first-order valence-corrected chi connectivity index (χ1v) is 5.87. The highest BCUT2D eigenvalue weighted by Gasteiger charge is 2.21. The van der Waals surface area contributed by atoms with Crippen molar-refractivity contribution < 1.29 is 4.79 Å². The Balaban J connectivity index is 1.95. The molecule has 5 heteroatoms. The van der Waals surface area contributed by atoms with Crippen LogP contribution in [0.25, 0.3) is 0 Å². The molecule has 1 amide bonds. The van der Waals surface area contributed by atoms with Crippen LogP contribution in [0.2, 0.25) is 0 Å². The van der Waals surface area contributed by atoms with Crippen molar-refractivity contribution in [1.29, 1.82) is 0 Å². The summed E-state index contributed by atoms with van der Waals surface area (Å²) in [4.78, 5) is 11.9. The Hall–Kier alpha value is -1.36. The number of H-pyrrole nitrogens is 1. The summed E-state index contributed by atoms with van der Waals surface area (Å²) in [5, 5.41) is 12.9. The third-order valence-electron chi connectivity index (χ3n) is 2.97. The minimum Gasteiger partial charge on any atom is -0.309 e. The Morgan fingerprint density at radius 2 is 2.50 bits per heavy atom. The van der Waals surface area contributed by atoms with Gasteiger partial charge in [-0.3, -0.25) is 9.89 Å². The largest absolute Gasteiger partial charge is 0.309 e. The lowest BCUT2D eigenvalue weighted by atomic mass is 10.0. The van der Waals surface area contributed by atoms with E-state index < -0.39 is 0 Å². The van der Waals surface area contributed by atoms with Gasteiger partial charge >= 0.3 is 0 Å². The predicted octanol–water partition coefficient (Wildman–Crippen LogP) is 1.05.